The van der Waals surface area contributed by atoms with Gasteiger partial charge in [0.25, 0.3) is 5.91 Å². The van der Waals surface area contributed by atoms with Crippen molar-refractivity contribution in [3.63, 3.8) is 0 Å². The van der Waals surface area contributed by atoms with E-state index >= 15 is 0 Å². The van der Waals surface area contributed by atoms with Crippen molar-refractivity contribution in [2.24, 2.45) is 0 Å². The first-order chi connectivity index (χ1) is 14.1. The van der Waals surface area contributed by atoms with Gasteiger partial charge in [-0.3, -0.25) is 4.79 Å². The molecule has 1 amide bonds. The summed E-state index contributed by atoms with van der Waals surface area (Å²) in [5, 5.41) is 0.947. The van der Waals surface area contributed by atoms with Crippen LogP contribution >= 0.6 is 0 Å². The van der Waals surface area contributed by atoms with Crippen LogP contribution in [0.1, 0.15) is 32.0 Å². The average Bonchev–Trinajstić information content (AvgIpc) is 3.14. The van der Waals surface area contributed by atoms with E-state index in [1.165, 1.54) is 7.11 Å². The number of hydrogen-bond donors (Lipinski definition) is 1. The van der Waals surface area contributed by atoms with E-state index in [1.807, 2.05) is 17.0 Å². The van der Waals surface area contributed by atoms with Gasteiger partial charge in [-0.2, -0.15) is 0 Å². The lowest BCUT2D eigenvalue weighted by atomic mass is 10.0. The second-order valence-electron chi connectivity index (χ2n) is 7.17. The summed E-state index contributed by atoms with van der Waals surface area (Å²) < 4.78 is 16.0. The van der Waals surface area contributed by atoms with Gasteiger partial charge in [-0.05, 0) is 36.4 Å². The van der Waals surface area contributed by atoms with Gasteiger partial charge < -0.3 is 24.1 Å². The minimum absolute atomic E-state index is 0.0499. The predicted molar refractivity (Wildman–Crippen MR) is 106 cm³/mol. The summed E-state index contributed by atoms with van der Waals surface area (Å²) in [7, 11) is 1.37. The molecule has 0 bridgehead atoms. The summed E-state index contributed by atoms with van der Waals surface area (Å²) in [6.07, 6.45) is 0.730. The fraction of sp³-hybridized carbons (Fsp3) is 0.273. The molecule has 0 atom stereocenters. The number of ether oxygens (including phenoxy) is 3. The van der Waals surface area contributed by atoms with Crippen LogP contribution in [0, 0.1) is 0 Å². The molecule has 2 aliphatic heterocycles. The predicted octanol–water partition coefficient (Wildman–Crippen LogP) is 2.92. The number of aromatic amines is 1. The number of hydrogen-bond acceptors (Lipinski definition) is 5. The summed E-state index contributed by atoms with van der Waals surface area (Å²) in [5.74, 6) is 0.850. The Morgan fingerprint density at radius 2 is 1.83 bits per heavy atom. The Hall–Kier alpha value is -3.48. The van der Waals surface area contributed by atoms with Crippen LogP contribution in [0.15, 0.2) is 36.4 Å². The normalized spacial score (nSPS) is 15.1. The molecule has 1 N–H and O–H groups in total. The van der Waals surface area contributed by atoms with Crippen LogP contribution in [0.5, 0.6) is 11.5 Å². The number of nitrogens with one attached hydrogen (secondary N) is 1. The maximum Gasteiger partial charge on any atom is 0.337 e. The highest BCUT2D eigenvalue weighted by molar-refractivity contribution is 5.98. The Labute approximate surface area is 167 Å². The number of amides is 1. The number of H-pyrrole nitrogens is 1. The number of carbonyl (C=O) groups is 2. The lowest BCUT2D eigenvalue weighted by Gasteiger charge is -2.28. The van der Waals surface area contributed by atoms with Gasteiger partial charge in [0, 0.05) is 47.2 Å². The highest BCUT2D eigenvalue weighted by Crippen LogP contribution is 2.33. The van der Waals surface area contributed by atoms with Gasteiger partial charge in [0.2, 0.25) is 0 Å². The molecular formula is C22H20N2O5. The van der Waals surface area contributed by atoms with Crippen molar-refractivity contribution in [3.8, 4) is 11.5 Å². The molecule has 29 heavy (non-hydrogen) atoms. The van der Waals surface area contributed by atoms with Crippen LogP contribution in [-0.2, 0) is 17.7 Å². The summed E-state index contributed by atoms with van der Waals surface area (Å²) in [6.45, 7) is 2.10. The van der Waals surface area contributed by atoms with Crippen LogP contribution in [0.25, 0.3) is 10.9 Å². The number of methoxy groups -OCH3 is 1. The van der Waals surface area contributed by atoms with E-state index in [9.17, 15) is 9.59 Å². The second kappa shape index (κ2) is 6.84. The Morgan fingerprint density at radius 1 is 1.03 bits per heavy atom. The highest BCUT2D eigenvalue weighted by Gasteiger charge is 2.26. The highest BCUT2D eigenvalue weighted by atomic mass is 16.6. The van der Waals surface area contributed by atoms with Crippen LogP contribution in [-0.4, -0.2) is 48.6 Å². The lowest BCUT2D eigenvalue weighted by molar-refractivity contribution is 0.0600. The molecule has 3 aromatic rings. The monoisotopic (exact) mass is 392 g/mol. The Bertz CT molecular complexity index is 1130. The first-order valence-electron chi connectivity index (χ1n) is 9.55. The molecule has 0 unspecified atom stereocenters. The van der Waals surface area contributed by atoms with E-state index in [1.54, 1.807) is 24.3 Å². The molecule has 0 saturated heterocycles. The first kappa shape index (κ1) is 17.6. The quantitative estimate of drug-likeness (QED) is 0.679. The zero-order chi connectivity index (χ0) is 20.0. The third kappa shape index (κ3) is 2.99. The molecular weight excluding hydrogens is 372 g/mol. The minimum atomic E-state index is -0.373. The Balaban J connectivity index is 1.45. The topological polar surface area (TPSA) is 80.9 Å². The molecule has 5 rings (SSSR count). The zero-order valence-corrected chi connectivity index (χ0v) is 16.0. The molecule has 0 radical (unpaired) electrons. The number of aromatic nitrogens is 1. The average molecular weight is 392 g/mol. The number of nitrogens with zero attached hydrogens (tertiary/aromatic N) is 1. The van der Waals surface area contributed by atoms with E-state index in [2.05, 4.69) is 4.98 Å². The molecule has 148 valence electrons. The number of rotatable bonds is 2. The molecule has 0 aliphatic carbocycles. The van der Waals surface area contributed by atoms with Gasteiger partial charge in [-0.1, -0.05) is 0 Å². The van der Waals surface area contributed by atoms with E-state index in [0.29, 0.717) is 48.9 Å². The van der Waals surface area contributed by atoms with E-state index in [0.717, 1.165) is 28.6 Å². The van der Waals surface area contributed by atoms with E-state index in [-0.39, 0.29) is 11.9 Å². The van der Waals surface area contributed by atoms with Gasteiger partial charge in [0.15, 0.2) is 11.5 Å². The number of benzene rings is 2. The fourth-order valence-corrected chi connectivity index (χ4v) is 3.99. The molecule has 2 aromatic carbocycles. The molecule has 0 spiro atoms. The van der Waals surface area contributed by atoms with Crippen LogP contribution < -0.4 is 9.47 Å². The van der Waals surface area contributed by atoms with Crippen LogP contribution in [0.3, 0.4) is 0 Å². The third-order valence-electron chi connectivity index (χ3n) is 5.47. The van der Waals surface area contributed by atoms with Crippen molar-refractivity contribution in [2.75, 3.05) is 26.9 Å². The number of fused-ring (bicyclic) bond motifs is 4. The zero-order valence-electron chi connectivity index (χ0n) is 16.0. The van der Waals surface area contributed by atoms with Crippen molar-refractivity contribution in [1.29, 1.82) is 0 Å². The molecule has 0 saturated carbocycles. The number of carbonyl (C=O) groups excluding carboxylic acids is 2. The summed E-state index contributed by atoms with van der Waals surface area (Å²) in [6, 6.07) is 10.8. The van der Waals surface area contributed by atoms with E-state index in [4.69, 9.17) is 14.2 Å². The molecule has 3 heterocycles. The second-order valence-corrected chi connectivity index (χ2v) is 7.17. The van der Waals surface area contributed by atoms with Crippen molar-refractivity contribution >= 4 is 22.8 Å². The minimum Gasteiger partial charge on any atom is -0.486 e. The smallest absolute Gasteiger partial charge is 0.337 e. The number of esters is 1. The molecule has 7 nitrogen and oxygen atoms in total. The standard InChI is InChI=1S/C22H20N2O5/c1-27-22(26)14-2-4-17-15(10-14)16-12-24(7-6-18(16)23-17)21(25)13-3-5-19-20(11-13)29-9-8-28-19/h2-5,10-11,23H,6-9,12H2,1H3. The van der Waals surface area contributed by atoms with Crippen molar-refractivity contribution in [3.05, 3.63) is 58.8 Å². The lowest BCUT2D eigenvalue weighted by Crippen LogP contribution is -2.35. The van der Waals surface area contributed by atoms with Gasteiger partial charge in [-0.15, -0.1) is 0 Å². The van der Waals surface area contributed by atoms with Crippen molar-refractivity contribution < 1.29 is 23.8 Å². The largest absolute Gasteiger partial charge is 0.486 e. The first-order valence-corrected chi connectivity index (χ1v) is 9.55. The Morgan fingerprint density at radius 3 is 2.66 bits per heavy atom. The molecule has 7 heteroatoms. The van der Waals surface area contributed by atoms with E-state index < -0.39 is 0 Å². The van der Waals surface area contributed by atoms with Crippen molar-refractivity contribution in [2.45, 2.75) is 13.0 Å². The summed E-state index contributed by atoms with van der Waals surface area (Å²) in [5.41, 5.74) is 4.18. The fourth-order valence-electron chi connectivity index (χ4n) is 3.99. The Kier molecular flexibility index (Phi) is 4.16. The van der Waals surface area contributed by atoms with Gasteiger partial charge >= 0.3 is 5.97 Å². The maximum atomic E-state index is 13.1. The van der Waals surface area contributed by atoms with Crippen LogP contribution in [0.2, 0.25) is 0 Å². The summed E-state index contributed by atoms with van der Waals surface area (Å²) >= 11 is 0. The SMILES string of the molecule is COC(=O)c1ccc2[nH]c3c(c2c1)CN(C(=O)c1ccc2c(c1)OCCO2)CC3. The van der Waals surface area contributed by atoms with Gasteiger partial charge in [0.1, 0.15) is 13.2 Å². The van der Waals surface area contributed by atoms with Crippen LogP contribution in [0.4, 0.5) is 0 Å². The molecule has 2 aliphatic rings. The maximum absolute atomic E-state index is 13.1. The van der Waals surface area contributed by atoms with Gasteiger partial charge in [-0.25, -0.2) is 4.79 Å². The molecule has 0 fully saturated rings. The summed E-state index contributed by atoms with van der Waals surface area (Å²) in [4.78, 5) is 30.3. The van der Waals surface area contributed by atoms with Crippen molar-refractivity contribution in [1.82, 2.24) is 9.88 Å². The third-order valence-corrected chi connectivity index (χ3v) is 5.47. The van der Waals surface area contributed by atoms with Gasteiger partial charge in [0.05, 0.1) is 12.7 Å². The molecule has 1 aromatic heterocycles.